The van der Waals surface area contributed by atoms with Gasteiger partial charge in [0.05, 0.1) is 6.10 Å². The lowest BCUT2D eigenvalue weighted by Gasteiger charge is -2.16. The Labute approximate surface area is 59.1 Å². The molecule has 0 saturated heterocycles. The van der Waals surface area contributed by atoms with E-state index in [0.29, 0.717) is 0 Å². The van der Waals surface area contributed by atoms with Gasteiger partial charge in [-0.05, 0) is 5.92 Å². The van der Waals surface area contributed by atoms with Crippen LogP contribution in [0.5, 0.6) is 0 Å². The first-order valence-corrected chi connectivity index (χ1v) is 3.05. The first kappa shape index (κ1) is 9.39. The smallest absolute Gasteiger partial charge is 0.335 e. The lowest BCUT2D eigenvalue weighted by Crippen LogP contribution is -2.37. The van der Waals surface area contributed by atoms with E-state index in [4.69, 9.17) is 15.3 Å². The molecule has 0 aromatic heterocycles. The van der Waals surface area contributed by atoms with Crippen molar-refractivity contribution in [1.29, 1.82) is 0 Å². The van der Waals surface area contributed by atoms with Gasteiger partial charge in [-0.3, -0.25) is 0 Å². The van der Waals surface area contributed by atoms with Crippen LogP contribution in [0.15, 0.2) is 0 Å². The normalized spacial score (nSPS) is 16.9. The molecule has 0 spiro atoms. The van der Waals surface area contributed by atoms with E-state index in [1.807, 2.05) is 0 Å². The lowest BCUT2D eigenvalue weighted by molar-refractivity contribution is -0.154. The Kier molecular flexibility index (Phi) is 3.32. The fourth-order valence-corrected chi connectivity index (χ4v) is 0.511. The SMILES string of the molecule is CC(C)[C@@H](O)[C@@H](O)C(=O)O. The van der Waals surface area contributed by atoms with E-state index in [1.54, 1.807) is 13.8 Å². The van der Waals surface area contributed by atoms with Crippen molar-refractivity contribution >= 4 is 5.97 Å². The van der Waals surface area contributed by atoms with Crippen molar-refractivity contribution in [3.8, 4) is 0 Å². The highest BCUT2D eigenvalue weighted by Crippen LogP contribution is 2.05. The van der Waals surface area contributed by atoms with Crippen LogP contribution in [-0.4, -0.2) is 33.5 Å². The second kappa shape index (κ2) is 3.53. The zero-order chi connectivity index (χ0) is 8.31. The van der Waals surface area contributed by atoms with Crippen molar-refractivity contribution in [3.05, 3.63) is 0 Å². The number of aliphatic hydroxyl groups is 2. The zero-order valence-electron chi connectivity index (χ0n) is 5.98. The van der Waals surface area contributed by atoms with Crippen LogP contribution in [0.1, 0.15) is 13.8 Å². The van der Waals surface area contributed by atoms with E-state index >= 15 is 0 Å². The van der Waals surface area contributed by atoms with Crippen molar-refractivity contribution in [1.82, 2.24) is 0 Å². The Balaban J connectivity index is 3.94. The fourth-order valence-electron chi connectivity index (χ4n) is 0.511. The molecule has 0 unspecified atom stereocenters. The maximum Gasteiger partial charge on any atom is 0.335 e. The summed E-state index contributed by atoms with van der Waals surface area (Å²) in [7, 11) is 0. The van der Waals surface area contributed by atoms with Gasteiger partial charge in [-0.25, -0.2) is 4.79 Å². The van der Waals surface area contributed by atoms with E-state index < -0.39 is 18.2 Å². The topological polar surface area (TPSA) is 77.8 Å². The van der Waals surface area contributed by atoms with Crippen molar-refractivity contribution in [2.45, 2.75) is 26.1 Å². The molecule has 3 N–H and O–H groups in total. The molecule has 0 bridgehead atoms. The molecular weight excluding hydrogens is 136 g/mol. The molecule has 0 saturated carbocycles. The predicted molar refractivity (Wildman–Crippen MR) is 34.5 cm³/mol. The van der Waals surface area contributed by atoms with E-state index in [1.165, 1.54) is 0 Å². The highest BCUT2D eigenvalue weighted by molar-refractivity contribution is 5.72. The van der Waals surface area contributed by atoms with Crippen LogP contribution in [0.2, 0.25) is 0 Å². The van der Waals surface area contributed by atoms with Gasteiger partial charge in [0.25, 0.3) is 0 Å². The van der Waals surface area contributed by atoms with E-state index in [2.05, 4.69) is 0 Å². The minimum Gasteiger partial charge on any atom is -0.479 e. The predicted octanol–water partition coefficient (Wildman–Crippen LogP) is -0.551. The molecule has 4 heteroatoms. The summed E-state index contributed by atoms with van der Waals surface area (Å²) >= 11 is 0. The summed E-state index contributed by atoms with van der Waals surface area (Å²) in [5.74, 6) is -1.63. The van der Waals surface area contributed by atoms with E-state index in [-0.39, 0.29) is 5.92 Å². The highest BCUT2D eigenvalue weighted by atomic mass is 16.4. The van der Waals surface area contributed by atoms with Crippen LogP contribution in [0, 0.1) is 5.92 Å². The molecular formula is C6H12O4. The average molecular weight is 148 g/mol. The molecule has 0 aromatic carbocycles. The number of rotatable bonds is 3. The minimum absolute atomic E-state index is 0.244. The summed E-state index contributed by atoms with van der Waals surface area (Å²) in [6.07, 6.45) is -2.85. The third kappa shape index (κ3) is 2.33. The van der Waals surface area contributed by atoms with Gasteiger partial charge in [0.2, 0.25) is 0 Å². The van der Waals surface area contributed by atoms with Gasteiger partial charge in [-0.2, -0.15) is 0 Å². The molecule has 2 atom stereocenters. The first-order chi connectivity index (χ1) is 4.46. The monoisotopic (exact) mass is 148 g/mol. The number of hydrogen-bond donors (Lipinski definition) is 3. The largest absolute Gasteiger partial charge is 0.479 e. The van der Waals surface area contributed by atoms with Crippen LogP contribution in [0.25, 0.3) is 0 Å². The average Bonchev–Trinajstić information content (AvgIpc) is 1.84. The maximum atomic E-state index is 10.0. The number of carbonyl (C=O) groups is 1. The molecule has 60 valence electrons. The number of carboxylic acid groups (broad SMARTS) is 1. The zero-order valence-corrected chi connectivity index (χ0v) is 5.98. The van der Waals surface area contributed by atoms with Gasteiger partial charge in [-0.1, -0.05) is 13.8 Å². The quantitative estimate of drug-likeness (QED) is 0.501. The van der Waals surface area contributed by atoms with Crippen LogP contribution in [-0.2, 0) is 4.79 Å². The van der Waals surface area contributed by atoms with Crippen LogP contribution in [0.4, 0.5) is 0 Å². The minimum atomic E-state index is -1.67. The Hall–Kier alpha value is -0.610. The summed E-state index contributed by atoms with van der Waals surface area (Å²) in [5.41, 5.74) is 0. The molecule has 10 heavy (non-hydrogen) atoms. The van der Waals surface area contributed by atoms with E-state index in [9.17, 15) is 4.79 Å². The van der Waals surface area contributed by atoms with Gasteiger partial charge in [0.15, 0.2) is 6.10 Å². The second-order valence-electron chi connectivity index (χ2n) is 2.52. The van der Waals surface area contributed by atoms with Gasteiger partial charge in [0.1, 0.15) is 0 Å². The summed E-state index contributed by atoms with van der Waals surface area (Å²) < 4.78 is 0. The highest BCUT2D eigenvalue weighted by Gasteiger charge is 2.25. The molecule has 0 rings (SSSR count). The molecule has 0 heterocycles. The number of carboxylic acids is 1. The summed E-state index contributed by atoms with van der Waals surface area (Å²) in [5, 5.41) is 25.8. The van der Waals surface area contributed by atoms with Gasteiger partial charge in [0, 0.05) is 0 Å². The Bertz CT molecular complexity index is 121. The second-order valence-corrected chi connectivity index (χ2v) is 2.52. The number of hydrogen-bond acceptors (Lipinski definition) is 3. The van der Waals surface area contributed by atoms with Gasteiger partial charge >= 0.3 is 5.97 Å². The maximum absolute atomic E-state index is 10.0. The molecule has 0 aliphatic rings. The van der Waals surface area contributed by atoms with Gasteiger partial charge in [-0.15, -0.1) is 0 Å². The van der Waals surface area contributed by atoms with Crippen LogP contribution in [0.3, 0.4) is 0 Å². The Morgan fingerprint density at radius 1 is 1.30 bits per heavy atom. The Morgan fingerprint density at radius 2 is 1.70 bits per heavy atom. The first-order valence-electron chi connectivity index (χ1n) is 3.05. The molecule has 4 nitrogen and oxygen atoms in total. The van der Waals surface area contributed by atoms with Crippen molar-refractivity contribution in [2.75, 3.05) is 0 Å². The molecule has 0 aliphatic carbocycles. The summed E-state index contributed by atoms with van der Waals surface area (Å²) in [6.45, 7) is 3.27. The van der Waals surface area contributed by atoms with Crippen molar-refractivity contribution in [3.63, 3.8) is 0 Å². The van der Waals surface area contributed by atoms with Crippen molar-refractivity contribution in [2.24, 2.45) is 5.92 Å². The van der Waals surface area contributed by atoms with E-state index in [0.717, 1.165) is 0 Å². The summed E-state index contributed by atoms with van der Waals surface area (Å²) in [6, 6.07) is 0. The fraction of sp³-hybridized carbons (Fsp3) is 0.833. The number of aliphatic hydroxyl groups excluding tert-OH is 2. The standard InChI is InChI=1S/C6H12O4/c1-3(2)4(7)5(8)6(9)10/h3-5,7-8H,1-2H3,(H,9,10)/t4-,5-/m1/s1. The molecule has 0 radical (unpaired) electrons. The van der Waals surface area contributed by atoms with Crippen LogP contribution < -0.4 is 0 Å². The molecule has 0 aliphatic heterocycles. The molecule has 0 fully saturated rings. The molecule has 0 aromatic rings. The van der Waals surface area contributed by atoms with Crippen LogP contribution >= 0.6 is 0 Å². The third-order valence-corrected chi connectivity index (χ3v) is 1.26. The van der Waals surface area contributed by atoms with Gasteiger partial charge < -0.3 is 15.3 Å². The molecule has 0 amide bonds. The third-order valence-electron chi connectivity index (χ3n) is 1.26. The summed E-state index contributed by atoms with van der Waals surface area (Å²) in [4.78, 5) is 10.0. The lowest BCUT2D eigenvalue weighted by atomic mass is 10.0. The van der Waals surface area contributed by atoms with Crippen molar-refractivity contribution < 1.29 is 20.1 Å². The Morgan fingerprint density at radius 3 is 1.80 bits per heavy atom. The number of aliphatic carboxylic acids is 1.